The third-order valence-corrected chi connectivity index (χ3v) is 4.90. The van der Waals surface area contributed by atoms with Gasteiger partial charge in [0.15, 0.2) is 11.6 Å². The van der Waals surface area contributed by atoms with Gasteiger partial charge in [0.1, 0.15) is 16.6 Å². The molecule has 4 heterocycles. The Hall–Kier alpha value is -2.87. The maximum Gasteiger partial charge on any atom is 0.237 e. The van der Waals surface area contributed by atoms with E-state index in [0.717, 1.165) is 11.3 Å². The molecule has 0 fully saturated rings. The number of aromatic nitrogens is 5. The lowest BCUT2D eigenvalue weighted by molar-refractivity contribution is 0.408. The van der Waals surface area contributed by atoms with Crippen LogP contribution in [0.5, 0.6) is 5.75 Å². The molecule has 0 aromatic carbocycles. The lowest BCUT2D eigenvalue weighted by atomic mass is 9.99. The van der Waals surface area contributed by atoms with E-state index < -0.39 is 5.95 Å². The van der Waals surface area contributed by atoms with Crippen LogP contribution >= 0.6 is 11.6 Å². The summed E-state index contributed by atoms with van der Waals surface area (Å²) in [5.41, 5.74) is 1.88. The fraction of sp³-hybridized carbons (Fsp3) is 0.278. The van der Waals surface area contributed by atoms with E-state index in [4.69, 9.17) is 16.3 Å². The number of pyridine rings is 1. The summed E-state index contributed by atoms with van der Waals surface area (Å²) in [7, 11) is 1.44. The van der Waals surface area contributed by atoms with Gasteiger partial charge in [0.2, 0.25) is 5.95 Å². The van der Waals surface area contributed by atoms with Crippen molar-refractivity contribution in [3.8, 4) is 17.4 Å². The molecule has 0 aliphatic carbocycles. The van der Waals surface area contributed by atoms with Crippen LogP contribution in [0.15, 0.2) is 30.7 Å². The zero-order valence-electron chi connectivity index (χ0n) is 14.7. The van der Waals surface area contributed by atoms with Crippen molar-refractivity contribution in [2.75, 3.05) is 18.6 Å². The van der Waals surface area contributed by atoms with E-state index in [2.05, 4.69) is 24.9 Å². The van der Waals surface area contributed by atoms with Crippen LogP contribution in [0.1, 0.15) is 24.2 Å². The number of rotatable bonds is 3. The van der Waals surface area contributed by atoms with Gasteiger partial charge in [0, 0.05) is 43.2 Å². The number of anilines is 1. The summed E-state index contributed by atoms with van der Waals surface area (Å²) in [5.74, 6) is 0.943. The van der Waals surface area contributed by atoms with E-state index in [1.807, 2.05) is 11.8 Å². The van der Waals surface area contributed by atoms with Crippen LogP contribution in [0.2, 0.25) is 5.02 Å². The largest absolute Gasteiger partial charge is 0.495 e. The van der Waals surface area contributed by atoms with Crippen molar-refractivity contribution >= 4 is 17.4 Å². The Bertz CT molecular complexity index is 987. The zero-order valence-corrected chi connectivity index (χ0v) is 15.5. The minimum atomic E-state index is -0.753. The molecule has 3 aromatic rings. The van der Waals surface area contributed by atoms with Crippen molar-refractivity contribution in [3.05, 3.63) is 53.0 Å². The van der Waals surface area contributed by atoms with Crippen molar-refractivity contribution in [2.45, 2.75) is 19.4 Å². The number of nitrogens with zero attached hydrogens (tertiary/aromatic N) is 6. The third-order valence-electron chi connectivity index (χ3n) is 4.56. The van der Waals surface area contributed by atoms with Crippen molar-refractivity contribution in [1.82, 2.24) is 24.9 Å². The van der Waals surface area contributed by atoms with E-state index in [1.165, 1.54) is 7.11 Å². The van der Waals surface area contributed by atoms with Crippen LogP contribution < -0.4 is 9.64 Å². The first-order valence-corrected chi connectivity index (χ1v) is 8.76. The van der Waals surface area contributed by atoms with Gasteiger partial charge < -0.3 is 9.64 Å². The van der Waals surface area contributed by atoms with Crippen LogP contribution in [0.4, 0.5) is 10.2 Å². The fourth-order valence-electron chi connectivity index (χ4n) is 3.16. The molecule has 0 saturated carbocycles. The van der Waals surface area contributed by atoms with Crippen LogP contribution in [0.25, 0.3) is 11.6 Å². The molecule has 0 bridgehead atoms. The van der Waals surface area contributed by atoms with E-state index >= 15 is 0 Å². The Kier molecular flexibility index (Phi) is 4.57. The molecule has 1 atom stereocenters. The molecule has 9 heteroatoms. The molecule has 138 valence electrons. The van der Waals surface area contributed by atoms with Gasteiger partial charge in [-0.2, -0.15) is 4.39 Å². The molecule has 0 radical (unpaired) electrons. The molecule has 1 aliphatic heterocycles. The molecule has 1 aliphatic rings. The molecule has 27 heavy (non-hydrogen) atoms. The van der Waals surface area contributed by atoms with Crippen LogP contribution in [-0.4, -0.2) is 38.6 Å². The summed E-state index contributed by atoms with van der Waals surface area (Å²) in [6.07, 6.45) is 5.75. The quantitative estimate of drug-likeness (QED) is 0.639. The van der Waals surface area contributed by atoms with Gasteiger partial charge in [-0.25, -0.2) is 24.9 Å². The second-order valence-corrected chi connectivity index (χ2v) is 6.45. The predicted molar refractivity (Wildman–Crippen MR) is 98.3 cm³/mol. The molecule has 7 nitrogen and oxygen atoms in total. The summed E-state index contributed by atoms with van der Waals surface area (Å²) in [5, 5.41) is -0.123. The Morgan fingerprint density at radius 1 is 1.19 bits per heavy atom. The summed E-state index contributed by atoms with van der Waals surface area (Å²) in [4.78, 5) is 23.4. The van der Waals surface area contributed by atoms with Gasteiger partial charge >= 0.3 is 0 Å². The highest BCUT2D eigenvalue weighted by molar-refractivity contribution is 6.32. The minimum absolute atomic E-state index is 0.0859. The highest BCUT2D eigenvalue weighted by Crippen LogP contribution is 2.36. The van der Waals surface area contributed by atoms with Crippen LogP contribution in [-0.2, 0) is 6.42 Å². The molecular weight excluding hydrogens is 371 g/mol. The van der Waals surface area contributed by atoms with Crippen LogP contribution in [0.3, 0.4) is 0 Å². The molecule has 4 rings (SSSR count). The normalized spacial score (nSPS) is 16.1. The molecule has 3 aromatic heterocycles. The Morgan fingerprint density at radius 2 is 1.96 bits per heavy atom. The van der Waals surface area contributed by atoms with Gasteiger partial charge in [0.05, 0.1) is 18.8 Å². The number of hydrogen-bond donors (Lipinski definition) is 0. The van der Waals surface area contributed by atoms with E-state index in [-0.39, 0.29) is 16.8 Å². The summed E-state index contributed by atoms with van der Waals surface area (Å²) in [6.45, 7) is 2.62. The van der Waals surface area contributed by atoms with Gasteiger partial charge in [-0.3, -0.25) is 0 Å². The molecule has 0 saturated heterocycles. The first-order valence-electron chi connectivity index (χ1n) is 8.38. The highest BCUT2D eigenvalue weighted by atomic mass is 35.5. The predicted octanol–water partition coefficient (Wildman–Crippen LogP) is 3.25. The van der Waals surface area contributed by atoms with Gasteiger partial charge in [-0.05, 0) is 13.0 Å². The highest BCUT2D eigenvalue weighted by Gasteiger charge is 2.28. The number of methoxy groups -OCH3 is 1. The topological polar surface area (TPSA) is 76.9 Å². The van der Waals surface area contributed by atoms with E-state index in [9.17, 15) is 4.39 Å². The number of halogens is 2. The fourth-order valence-corrected chi connectivity index (χ4v) is 3.33. The average Bonchev–Trinajstić information content (AvgIpc) is 2.70. The maximum absolute atomic E-state index is 14.1. The monoisotopic (exact) mass is 386 g/mol. The van der Waals surface area contributed by atoms with Crippen LogP contribution in [0, 0.1) is 5.95 Å². The number of fused-ring (bicyclic) bond motifs is 1. The standard InChI is InChI=1S/C18H16ClFN6O/c1-10-11-9-23-18(17-21-5-3-6-22-17)24-12(11)4-7-26(10)14-8-13(27-2)15(19)16(20)25-14/h3,5-6,8-10H,4,7H2,1-2H3. The smallest absolute Gasteiger partial charge is 0.237 e. The second-order valence-electron chi connectivity index (χ2n) is 6.07. The lowest BCUT2D eigenvalue weighted by Crippen LogP contribution is -2.35. The second kappa shape index (κ2) is 7.03. The van der Waals surface area contributed by atoms with Gasteiger partial charge in [-0.1, -0.05) is 11.6 Å². The summed E-state index contributed by atoms with van der Waals surface area (Å²) < 4.78 is 19.2. The summed E-state index contributed by atoms with van der Waals surface area (Å²) >= 11 is 5.88. The average molecular weight is 387 g/mol. The first kappa shape index (κ1) is 17.5. The van der Waals surface area contributed by atoms with Gasteiger partial charge in [-0.15, -0.1) is 0 Å². The number of ether oxygens (including phenoxy) is 1. The molecule has 0 spiro atoms. The lowest BCUT2D eigenvalue weighted by Gasteiger charge is -2.35. The SMILES string of the molecule is COc1cc(N2CCc3nc(-c4ncccn4)ncc3C2C)nc(F)c1Cl. The van der Waals surface area contributed by atoms with E-state index in [0.29, 0.717) is 30.4 Å². The van der Waals surface area contributed by atoms with Gasteiger partial charge in [0.25, 0.3) is 0 Å². The molecule has 1 unspecified atom stereocenters. The van der Waals surface area contributed by atoms with E-state index in [1.54, 1.807) is 30.7 Å². The third kappa shape index (κ3) is 3.16. The molecule has 0 amide bonds. The summed E-state index contributed by atoms with van der Waals surface area (Å²) in [6, 6.07) is 3.30. The van der Waals surface area contributed by atoms with Crippen molar-refractivity contribution in [1.29, 1.82) is 0 Å². The van der Waals surface area contributed by atoms with Crippen molar-refractivity contribution in [3.63, 3.8) is 0 Å². The maximum atomic E-state index is 14.1. The Labute approximate surface area is 160 Å². The van der Waals surface area contributed by atoms with Crippen molar-refractivity contribution in [2.24, 2.45) is 0 Å². The zero-order chi connectivity index (χ0) is 19.0. The van der Waals surface area contributed by atoms with Crippen molar-refractivity contribution < 1.29 is 9.13 Å². The number of hydrogen-bond acceptors (Lipinski definition) is 7. The first-order chi connectivity index (χ1) is 13.1. The molecule has 0 N–H and O–H groups in total. The Balaban J connectivity index is 1.68. The Morgan fingerprint density at radius 3 is 2.70 bits per heavy atom. The molecular formula is C18H16ClFN6O. The minimum Gasteiger partial charge on any atom is -0.495 e.